The fourth-order valence-electron chi connectivity index (χ4n) is 1.71. The predicted molar refractivity (Wildman–Crippen MR) is 66.2 cm³/mol. The second-order valence-corrected chi connectivity index (χ2v) is 3.95. The molecule has 1 heterocycles. The molecule has 0 bridgehead atoms. The van der Waals surface area contributed by atoms with Crippen molar-refractivity contribution < 1.29 is 23.2 Å². The maximum atomic E-state index is 13.5. The van der Waals surface area contributed by atoms with Gasteiger partial charge in [-0.2, -0.15) is 0 Å². The van der Waals surface area contributed by atoms with Crippen LogP contribution >= 0.6 is 0 Å². The van der Waals surface area contributed by atoms with Crippen LogP contribution in [0.4, 0.5) is 4.39 Å². The van der Waals surface area contributed by atoms with E-state index in [-0.39, 0.29) is 18.0 Å². The lowest BCUT2D eigenvalue weighted by atomic mass is 10.1. The van der Waals surface area contributed by atoms with Crippen molar-refractivity contribution in [3.8, 4) is 0 Å². The number of rotatable bonds is 5. The zero-order valence-corrected chi connectivity index (χ0v) is 10.7. The maximum Gasteiger partial charge on any atom is 0.310 e. The van der Waals surface area contributed by atoms with Gasteiger partial charge >= 0.3 is 5.91 Å². The number of carbonyl (C=O) groups is 1. The number of nitrogens with one attached hydrogen (secondary N) is 1. The van der Waals surface area contributed by atoms with Gasteiger partial charge in [0.2, 0.25) is 0 Å². The van der Waals surface area contributed by atoms with Crippen molar-refractivity contribution in [3.63, 3.8) is 0 Å². The molecule has 5 nitrogen and oxygen atoms in total. The molecule has 0 aliphatic carbocycles. The Morgan fingerprint density at radius 3 is 2.89 bits per heavy atom. The highest BCUT2D eigenvalue weighted by Gasteiger charge is 2.19. The third-order valence-electron chi connectivity index (χ3n) is 2.68. The fraction of sp³-hybridized carbons (Fsp3) is 0.308. The number of benzene rings is 1. The highest BCUT2D eigenvalue weighted by Crippen LogP contribution is 2.27. The zero-order valence-electron chi connectivity index (χ0n) is 10.7. The van der Waals surface area contributed by atoms with Crippen LogP contribution in [0.15, 0.2) is 22.6 Å². The first kappa shape index (κ1) is 13.5. The molecule has 1 N–H and O–H groups in total. The molecule has 0 radical (unpaired) electrons. The minimum absolute atomic E-state index is 0.0394. The molecule has 0 atom stereocenters. The summed E-state index contributed by atoms with van der Waals surface area (Å²) in [6.45, 7) is 2.26. The minimum atomic E-state index is -0.552. The van der Waals surface area contributed by atoms with Gasteiger partial charge in [-0.1, -0.05) is 12.1 Å². The smallest absolute Gasteiger partial charge is 0.310 e. The van der Waals surface area contributed by atoms with Crippen LogP contribution < -0.4 is 5.48 Å². The number of aryl methyl sites for hydroxylation is 1. The number of halogens is 1. The first-order valence-electron chi connectivity index (χ1n) is 5.74. The van der Waals surface area contributed by atoms with E-state index in [1.54, 1.807) is 19.1 Å². The SMILES string of the molecule is COCCONC(=O)c1oc2c(F)cccc2c1C. The zero-order chi connectivity index (χ0) is 13.8. The fourth-order valence-corrected chi connectivity index (χ4v) is 1.71. The normalized spacial score (nSPS) is 10.9. The van der Waals surface area contributed by atoms with E-state index in [4.69, 9.17) is 14.0 Å². The summed E-state index contributed by atoms with van der Waals surface area (Å²) in [6.07, 6.45) is 0. The molecule has 2 rings (SSSR count). The number of methoxy groups -OCH3 is 1. The summed E-state index contributed by atoms with van der Waals surface area (Å²) in [7, 11) is 1.53. The Balaban J connectivity index is 2.18. The molecule has 19 heavy (non-hydrogen) atoms. The third kappa shape index (κ3) is 2.74. The highest BCUT2D eigenvalue weighted by atomic mass is 19.1. The third-order valence-corrected chi connectivity index (χ3v) is 2.68. The Labute approximate surface area is 109 Å². The molecule has 0 aliphatic rings. The molecule has 1 amide bonds. The number of carbonyl (C=O) groups excluding carboxylic acids is 1. The number of hydrogen-bond donors (Lipinski definition) is 1. The molecule has 1 aromatic carbocycles. The molecule has 102 valence electrons. The van der Waals surface area contributed by atoms with Gasteiger partial charge in [-0.05, 0) is 13.0 Å². The lowest BCUT2D eigenvalue weighted by Gasteiger charge is -2.03. The summed E-state index contributed by atoms with van der Waals surface area (Å²) < 4.78 is 23.5. The quantitative estimate of drug-likeness (QED) is 0.666. The summed E-state index contributed by atoms with van der Waals surface area (Å²) >= 11 is 0. The standard InChI is InChI=1S/C13H14FNO4/c1-8-9-4-3-5-10(14)12(9)19-11(8)13(16)15-18-7-6-17-2/h3-5H,6-7H2,1-2H3,(H,15,16). The van der Waals surface area contributed by atoms with Gasteiger partial charge in [0.1, 0.15) is 0 Å². The summed E-state index contributed by atoms with van der Waals surface area (Å²) in [5, 5.41) is 0.571. The second-order valence-electron chi connectivity index (χ2n) is 3.95. The lowest BCUT2D eigenvalue weighted by molar-refractivity contribution is 0.00737. The maximum absolute atomic E-state index is 13.5. The molecule has 1 aromatic heterocycles. The Morgan fingerprint density at radius 2 is 2.21 bits per heavy atom. The van der Waals surface area contributed by atoms with E-state index in [0.717, 1.165) is 0 Å². The van der Waals surface area contributed by atoms with Crippen LogP contribution in [0, 0.1) is 12.7 Å². The summed E-state index contributed by atoms with van der Waals surface area (Å²) in [6, 6.07) is 4.54. The van der Waals surface area contributed by atoms with Gasteiger partial charge < -0.3 is 9.15 Å². The van der Waals surface area contributed by atoms with E-state index < -0.39 is 11.7 Å². The second kappa shape index (κ2) is 5.81. The molecule has 0 aliphatic heterocycles. The van der Waals surface area contributed by atoms with Crippen LogP contribution in [-0.4, -0.2) is 26.2 Å². The van der Waals surface area contributed by atoms with E-state index in [1.807, 2.05) is 0 Å². The van der Waals surface area contributed by atoms with Gasteiger partial charge in [0.05, 0.1) is 13.2 Å². The van der Waals surface area contributed by atoms with Crippen LogP contribution in [0.2, 0.25) is 0 Å². The van der Waals surface area contributed by atoms with E-state index >= 15 is 0 Å². The van der Waals surface area contributed by atoms with Crippen LogP contribution in [0.3, 0.4) is 0 Å². The van der Waals surface area contributed by atoms with Gasteiger partial charge in [0.15, 0.2) is 17.2 Å². The van der Waals surface area contributed by atoms with Crippen molar-refractivity contribution >= 4 is 16.9 Å². The molecule has 0 fully saturated rings. The molecule has 0 unspecified atom stereocenters. The Morgan fingerprint density at radius 1 is 1.42 bits per heavy atom. The van der Waals surface area contributed by atoms with Gasteiger partial charge in [-0.3, -0.25) is 9.63 Å². The van der Waals surface area contributed by atoms with Crippen molar-refractivity contribution in [1.29, 1.82) is 0 Å². The topological polar surface area (TPSA) is 60.7 Å². The number of hydroxylamine groups is 1. The number of hydrogen-bond acceptors (Lipinski definition) is 4. The van der Waals surface area contributed by atoms with E-state index in [9.17, 15) is 9.18 Å². The van der Waals surface area contributed by atoms with E-state index in [1.165, 1.54) is 13.2 Å². The Hall–Kier alpha value is -1.92. The average Bonchev–Trinajstić information content (AvgIpc) is 2.74. The lowest BCUT2D eigenvalue weighted by Crippen LogP contribution is -2.25. The number of fused-ring (bicyclic) bond motifs is 1. The van der Waals surface area contributed by atoms with E-state index in [0.29, 0.717) is 17.6 Å². The molecule has 0 spiro atoms. The van der Waals surface area contributed by atoms with Crippen LogP contribution in [0.1, 0.15) is 16.1 Å². The van der Waals surface area contributed by atoms with E-state index in [2.05, 4.69) is 5.48 Å². The van der Waals surface area contributed by atoms with Gasteiger partial charge in [-0.15, -0.1) is 0 Å². The Bertz CT molecular complexity index is 594. The van der Waals surface area contributed by atoms with Crippen LogP contribution in [0.25, 0.3) is 11.0 Å². The van der Waals surface area contributed by atoms with Gasteiger partial charge in [-0.25, -0.2) is 9.87 Å². The molecule has 0 saturated heterocycles. The molecular formula is C13H14FNO4. The van der Waals surface area contributed by atoms with Crippen LogP contribution in [0.5, 0.6) is 0 Å². The van der Waals surface area contributed by atoms with Gasteiger partial charge in [0, 0.05) is 18.1 Å². The molecule has 2 aromatic rings. The number of ether oxygens (including phenoxy) is 1. The van der Waals surface area contributed by atoms with Crippen molar-refractivity contribution in [2.45, 2.75) is 6.92 Å². The van der Waals surface area contributed by atoms with Crippen molar-refractivity contribution in [3.05, 3.63) is 35.3 Å². The number of para-hydroxylation sites is 1. The summed E-state index contributed by atoms with van der Waals surface area (Å²) in [5.74, 6) is -1.01. The largest absolute Gasteiger partial charge is 0.447 e. The molecule has 0 saturated carbocycles. The van der Waals surface area contributed by atoms with Gasteiger partial charge in [0.25, 0.3) is 0 Å². The number of amides is 1. The van der Waals surface area contributed by atoms with Crippen molar-refractivity contribution in [2.75, 3.05) is 20.3 Å². The summed E-state index contributed by atoms with van der Waals surface area (Å²) in [5.41, 5.74) is 2.86. The van der Waals surface area contributed by atoms with Crippen LogP contribution in [-0.2, 0) is 9.57 Å². The average molecular weight is 267 g/mol. The first-order chi connectivity index (χ1) is 9.15. The highest BCUT2D eigenvalue weighted by molar-refractivity contribution is 5.98. The molecular weight excluding hydrogens is 253 g/mol. The van der Waals surface area contributed by atoms with Crippen molar-refractivity contribution in [1.82, 2.24) is 5.48 Å². The Kier molecular flexibility index (Phi) is 4.13. The monoisotopic (exact) mass is 267 g/mol. The minimum Gasteiger partial charge on any atom is -0.447 e. The first-order valence-corrected chi connectivity index (χ1v) is 5.74. The number of furan rings is 1. The summed E-state index contributed by atoms with van der Waals surface area (Å²) in [4.78, 5) is 16.7. The predicted octanol–water partition coefficient (Wildman–Crippen LogP) is 2.19. The molecule has 6 heteroatoms. The van der Waals surface area contributed by atoms with Crippen molar-refractivity contribution in [2.24, 2.45) is 0 Å².